The smallest absolute Gasteiger partial charge is 0.230 e. The van der Waals surface area contributed by atoms with E-state index in [9.17, 15) is 18.3 Å². The molecule has 0 fully saturated rings. The van der Waals surface area contributed by atoms with E-state index in [0.717, 1.165) is 6.20 Å². The van der Waals surface area contributed by atoms with Crippen molar-refractivity contribution in [3.63, 3.8) is 0 Å². The van der Waals surface area contributed by atoms with E-state index in [-0.39, 0.29) is 24.6 Å². The number of hydrogen-bond donors (Lipinski definition) is 3. The molecular formula is C19H26F3N3O. The molecule has 0 bridgehead atoms. The number of aromatic nitrogens is 2. The van der Waals surface area contributed by atoms with E-state index >= 15 is 0 Å². The van der Waals surface area contributed by atoms with E-state index < -0.39 is 23.8 Å². The number of alkyl halides is 1. The number of rotatable bonds is 9. The number of aromatic amines is 1. The van der Waals surface area contributed by atoms with Crippen molar-refractivity contribution >= 4 is 0 Å². The van der Waals surface area contributed by atoms with E-state index in [1.807, 2.05) is 0 Å². The van der Waals surface area contributed by atoms with Gasteiger partial charge in [-0.1, -0.05) is 12.1 Å². The van der Waals surface area contributed by atoms with Gasteiger partial charge in [0.1, 0.15) is 17.3 Å². The first-order chi connectivity index (χ1) is 12.1. The Balaban J connectivity index is 2.03. The fraction of sp³-hybridized carbons (Fsp3) is 0.526. The highest BCUT2D eigenvalue weighted by molar-refractivity contribution is 5.17. The van der Waals surface area contributed by atoms with E-state index in [4.69, 9.17) is 5.73 Å². The van der Waals surface area contributed by atoms with Crippen LogP contribution in [-0.2, 0) is 6.42 Å². The Morgan fingerprint density at radius 2 is 2.04 bits per heavy atom. The van der Waals surface area contributed by atoms with E-state index in [1.54, 1.807) is 12.1 Å². The molecule has 0 unspecified atom stereocenters. The molecule has 7 heteroatoms. The molecule has 2 aromatic rings. The molecule has 1 aromatic heterocycles. The van der Waals surface area contributed by atoms with Gasteiger partial charge in [-0.3, -0.25) is 0 Å². The molecule has 1 heterocycles. The first-order valence-electron chi connectivity index (χ1n) is 8.72. The predicted molar refractivity (Wildman–Crippen MR) is 94.4 cm³/mol. The predicted octanol–water partition coefficient (Wildman–Crippen LogP) is 3.62. The number of benzene rings is 1. The molecule has 0 radical (unpaired) electrons. The van der Waals surface area contributed by atoms with Crippen LogP contribution in [0.3, 0.4) is 0 Å². The van der Waals surface area contributed by atoms with Gasteiger partial charge in [-0.2, -0.15) is 4.39 Å². The summed E-state index contributed by atoms with van der Waals surface area (Å²) in [7, 11) is 0. The maximum Gasteiger partial charge on any atom is 0.230 e. The Hall–Kier alpha value is -1.86. The molecule has 0 aliphatic carbocycles. The summed E-state index contributed by atoms with van der Waals surface area (Å²) < 4.78 is 40.4. The summed E-state index contributed by atoms with van der Waals surface area (Å²) in [6, 6.07) is 5.41. The zero-order valence-corrected chi connectivity index (χ0v) is 15.1. The van der Waals surface area contributed by atoms with Crippen LogP contribution < -0.4 is 5.73 Å². The lowest BCUT2D eigenvalue weighted by atomic mass is 9.88. The molecule has 3 atom stereocenters. The van der Waals surface area contributed by atoms with Gasteiger partial charge in [0.05, 0.1) is 12.3 Å². The third kappa shape index (κ3) is 6.46. The van der Waals surface area contributed by atoms with Crippen molar-refractivity contribution in [1.82, 2.24) is 9.97 Å². The van der Waals surface area contributed by atoms with Gasteiger partial charge in [0, 0.05) is 12.0 Å². The number of nitrogens with zero attached hydrogens (tertiary/aromatic N) is 1. The highest BCUT2D eigenvalue weighted by atomic mass is 19.1. The quantitative estimate of drug-likeness (QED) is 0.632. The van der Waals surface area contributed by atoms with Crippen molar-refractivity contribution in [3.8, 4) is 0 Å². The van der Waals surface area contributed by atoms with Gasteiger partial charge >= 0.3 is 0 Å². The normalized spacial score (nSPS) is 15.7. The first-order valence-corrected chi connectivity index (χ1v) is 8.72. The average molecular weight is 369 g/mol. The molecule has 0 aliphatic rings. The van der Waals surface area contributed by atoms with Crippen LogP contribution in [-0.4, -0.2) is 32.9 Å². The van der Waals surface area contributed by atoms with Gasteiger partial charge in [0.15, 0.2) is 0 Å². The summed E-state index contributed by atoms with van der Waals surface area (Å²) in [4.78, 5) is 6.51. The summed E-state index contributed by atoms with van der Waals surface area (Å²) in [5, 5.41) is 10.5. The third-order valence-corrected chi connectivity index (χ3v) is 4.42. The van der Waals surface area contributed by atoms with Crippen molar-refractivity contribution in [2.45, 2.75) is 63.3 Å². The molecule has 0 saturated carbocycles. The van der Waals surface area contributed by atoms with Crippen molar-refractivity contribution in [1.29, 1.82) is 0 Å². The van der Waals surface area contributed by atoms with Gasteiger partial charge in [0.2, 0.25) is 5.95 Å². The van der Waals surface area contributed by atoms with Crippen molar-refractivity contribution in [2.75, 3.05) is 0 Å². The lowest BCUT2D eigenvalue weighted by Crippen LogP contribution is -2.38. The number of aliphatic hydroxyl groups is 1. The van der Waals surface area contributed by atoms with Crippen LogP contribution in [0.15, 0.2) is 30.5 Å². The monoisotopic (exact) mass is 369 g/mol. The van der Waals surface area contributed by atoms with Crippen molar-refractivity contribution < 1.29 is 18.3 Å². The molecule has 4 nitrogen and oxygen atoms in total. The Morgan fingerprint density at radius 3 is 2.62 bits per heavy atom. The SMILES string of the molecule is CC(C)(F)CC[C@H](C[C@H](O)[C@@H](N)Cc1cccc(F)c1)c1nc(F)c[nH]1. The van der Waals surface area contributed by atoms with Gasteiger partial charge < -0.3 is 15.8 Å². The first kappa shape index (κ1) is 20.5. The molecule has 0 spiro atoms. The summed E-state index contributed by atoms with van der Waals surface area (Å²) in [6.45, 7) is 2.94. The zero-order chi connectivity index (χ0) is 19.3. The average Bonchev–Trinajstić information content (AvgIpc) is 2.96. The molecular weight excluding hydrogens is 343 g/mol. The highest BCUT2D eigenvalue weighted by Gasteiger charge is 2.26. The third-order valence-electron chi connectivity index (χ3n) is 4.42. The maximum absolute atomic E-state index is 13.9. The highest BCUT2D eigenvalue weighted by Crippen LogP contribution is 2.29. The van der Waals surface area contributed by atoms with Gasteiger partial charge in [-0.25, -0.2) is 13.8 Å². The number of aliphatic hydroxyl groups excluding tert-OH is 1. The van der Waals surface area contributed by atoms with Crippen molar-refractivity contribution in [3.05, 3.63) is 53.6 Å². The summed E-state index contributed by atoms with van der Waals surface area (Å²) in [5.74, 6) is -1.01. The number of imidazole rings is 1. The van der Waals surface area contributed by atoms with Crippen LogP contribution in [0.4, 0.5) is 13.2 Å². The lowest BCUT2D eigenvalue weighted by Gasteiger charge is -2.25. The maximum atomic E-state index is 13.9. The van der Waals surface area contributed by atoms with Crippen LogP contribution in [0.1, 0.15) is 50.4 Å². The summed E-state index contributed by atoms with van der Waals surface area (Å²) in [6.07, 6.45) is 1.35. The molecule has 0 amide bonds. The van der Waals surface area contributed by atoms with E-state index in [0.29, 0.717) is 24.2 Å². The van der Waals surface area contributed by atoms with Crippen LogP contribution in [0.25, 0.3) is 0 Å². The summed E-state index contributed by atoms with van der Waals surface area (Å²) >= 11 is 0. The second-order valence-corrected chi connectivity index (χ2v) is 7.36. The van der Waals surface area contributed by atoms with Crippen LogP contribution in [0.5, 0.6) is 0 Å². The van der Waals surface area contributed by atoms with E-state index in [2.05, 4.69) is 9.97 Å². The zero-order valence-electron chi connectivity index (χ0n) is 15.1. The topological polar surface area (TPSA) is 74.9 Å². The number of halogens is 3. The lowest BCUT2D eigenvalue weighted by molar-refractivity contribution is 0.117. The van der Waals surface area contributed by atoms with Crippen molar-refractivity contribution in [2.24, 2.45) is 5.73 Å². The van der Waals surface area contributed by atoms with Gasteiger partial charge in [-0.15, -0.1) is 0 Å². The molecule has 4 N–H and O–H groups in total. The Morgan fingerprint density at radius 1 is 1.31 bits per heavy atom. The molecule has 0 aliphatic heterocycles. The number of nitrogens with two attached hydrogens (primary N) is 1. The van der Waals surface area contributed by atoms with Gasteiger partial charge in [0.25, 0.3) is 0 Å². The number of nitrogens with one attached hydrogen (secondary N) is 1. The molecule has 2 rings (SSSR count). The number of hydrogen-bond acceptors (Lipinski definition) is 3. The molecule has 144 valence electrons. The Labute approximate surface area is 151 Å². The van der Waals surface area contributed by atoms with E-state index in [1.165, 1.54) is 26.0 Å². The molecule has 1 aromatic carbocycles. The second-order valence-electron chi connectivity index (χ2n) is 7.36. The Bertz CT molecular complexity index is 699. The van der Waals surface area contributed by atoms with Gasteiger partial charge in [-0.05, 0) is 57.2 Å². The fourth-order valence-electron chi connectivity index (χ4n) is 2.94. The second kappa shape index (κ2) is 8.68. The number of H-pyrrole nitrogens is 1. The largest absolute Gasteiger partial charge is 0.391 e. The fourth-order valence-corrected chi connectivity index (χ4v) is 2.94. The van der Waals surface area contributed by atoms with Crippen LogP contribution >= 0.6 is 0 Å². The minimum absolute atomic E-state index is 0.208. The summed E-state index contributed by atoms with van der Waals surface area (Å²) in [5.41, 5.74) is 5.37. The minimum atomic E-state index is -1.38. The Kier molecular flexibility index (Phi) is 6.83. The minimum Gasteiger partial charge on any atom is -0.391 e. The standard InChI is InChI=1S/C19H26F3N3O/c1-19(2,22)7-6-13(18-24-11-17(21)25-18)10-16(26)15(23)9-12-4-3-5-14(20)8-12/h3-5,8,11,13,15-16,26H,6-7,9-10,23H2,1-2H3,(H,24,25)/t13-,15+,16+/m1/s1. The van der Waals surface area contributed by atoms with Crippen LogP contribution in [0.2, 0.25) is 0 Å². The molecule has 26 heavy (non-hydrogen) atoms. The van der Waals surface area contributed by atoms with Crippen LogP contribution in [0, 0.1) is 11.8 Å². The molecule has 0 saturated heterocycles.